The number of anilines is 1. The van der Waals surface area contributed by atoms with Crippen LogP contribution in [-0.2, 0) is 9.59 Å². The van der Waals surface area contributed by atoms with E-state index in [4.69, 9.17) is 11.5 Å². The van der Waals surface area contributed by atoms with E-state index in [1.165, 1.54) is 12.2 Å². The fraction of sp³-hybridized carbons (Fsp3) is 0.0833. The van der Waals surface area contributed by atoms with E-state index in [9.17, 15) is 14.4 Å². The van der Waals surface area contributed by atoms with Crippen LogP contribution in [0.3, 0.4) is 0 Å². The van der Waals surface area contributed by atoms with Gasteiger partial charge in [0.25, 0.3) is 5.91 Å². The lowest BCUT2D eigenvalue weighted by Gasteiger charge is -2.11. The number of carbonyl (C=O) groups excluding carboxylic acids is 3. The van der Waals surface area contributed by atoms with Gasteiger partial charge in [-0.2, -0.15) is 0 Å². The van der Waals surface area contributed by atoms with Gasteiger partial charge in [-0.05, 0) is 17.7 Å². The Kier molecular flexibility index (Phi) is 2.95. The molecule has 2 rings (SSSR count). The second-order valence-electron chi connectivity index (χ2n) is 3.72. The zero-order chi connectivity index (χ0) is 13.3. The highest BCUT2D eigenvalue weighted by Gasteiger charge is 2.38. The number of nitrogens with zero attached hydrogens (tertiary/aromatic N) is 1. The van der Waals surface area contributed by atoms with Crippen LogP contribution in [0.15, 0.2) is 24.3 Å². The predicted octanol–water partition coefficient (Wildman–Crippen LogP) is 0.235. The number of primary amides is 1. The van der Waals surface area contributed by atoms with Crippen LogP contribution < -0.4 is 16.4 Å². The third-order valence-electron chi connectivity index (χ3n) is 2.71. The number of hydrogen-bond donors (Lipinski definition) is 2. The van der Waals surface area contributed by atoms with Crippen LogP contribution in [0, 0.1) is 0 Å². The maximum Gasteiger partial charge on any atom is 0.326 e. The number of urea groups is 1. The standard InChI is InChI=1S/C12H10N3O3/c13-10-9-7(4-2-6-16)3-1-5-8(9)15(11(10)17)12(14)18/h1-5,10H,13H2,(H2,14,18)/b4-2+. The average molecular weight is 244 g/mol. The van der Waals surface area contributed by atoms with Crippen LogP contribution in [0.1, 0.15) is 17.2 Å². The first-order chi connectivity index (χ1) is 8.57. The molecule has 0 saturated heterocycles. The number of fused-ring (bicyclic) bond motifs is 1. The molecule has 91 valence electrons. The average Bonchev–Trinajstić information content (AvgIpc) is 2.60. The highest BCUT2D eigenvalue weighted by molar-refractivity contribution is 6.20. The Bertz CT molecular complexity index is 566. The maximum atomic E-state index is 11.8. The van der Waals surface area contributed by atoms with Crippen molar-refractivity contribution in [1.82, 2.24) is 0 Å². The van der Waals surface area contributed by atoms with Crippen molar-refractivity contribution in [2.24, 2.45) is 11.5 Å². The van der Waals surface area contributed by atoms with Gasteiger partial charge in [-0.25, -0.2) is 9.69 Å². The van der Waals surface area contributed by atoms with E-state index in [-0.39, 0.29) is 0 Å². The van der Waals surface area contributed by atoms with E-state index < -0.39 is 18.0 Å². The first-order valence-corrected chi connectivity index (χ1v) is 5.14. The van der Waals surface area contributed by atoms with Crippen molar-refractivity contribution in [2.45, 2.75) is 6.04 Å². The van der Waals surface area contributed by atoms with Crippen molar-refractivity contribution in [3.05, 3.63) is 35.4 Å². The third-order valence-corrected chi connectivity index (χ3v) is 2.71. The van der Waals surface area contributed by atoms with Crippen molar-refractivity contribution in [3.8, 4) is 0 Å². The zero-order valence-electron chi connectivity index (χ0n) is 9.29. The van der Waals surface area contributed by atoms with Gasteiger partial charge in [0.15, 0.2) is 0 Å². The second-order valence-corrected chi connectivity index (χ2v) is 3.72. The molecule has 1 aliphatic heterocycles. The number of rotatable bonds is 2. The van der Waals surface area contributed by atoms with Gasteiger partial charge in [0.2, 0.25) is 6.29 Å². The normalized spacial score (nSPS) is 18.2. The summed E-state index contributed by atoms with van der Waals surface area (Å²) >= 11 is 0. The molecule has 6 nitrogen and oxygen atoms in total. The van der Waals surface area contributed by atoms with E-state index >= 15 is 0 Å². The molecule has 1 atom stereocenters. The Morgan fingerprint density at radius 1 is 1.44 bits per heavy atom. The van der Waals surface area contributed by atoms with Gasteiger partial charge in [0, 0.05) is 5.56 Å². The van der Waals surface area contributed by atoms with Crippen LogP contribution in [0.5, 0.6) is 0 Å². The summed E-state index contributed by atoms with van der Waals surface area (Å²) in [6.45, 7) is 0. The molecule has 1 radical (unpaired) electrons. The largest absolute Gasteiger partial charge is 0.351 e. The third kappa shape index (κ3) is 1.68. The van der Waals surface area contributed by atoms with Crippen LogP contribution in [0.2, 0.25) is 0 Å². The molecular formula is C12H10N3O3. The number of amides is 3. The van der Waals surface area contributed by atoms with Crippen LogP contribution in [-0.4, -0.2) is 18.2 Å². The monoisotopic (exact) mass is 244 g/mol. The molecule has 0 bridgehead atoms. The summed E-state index contributed by atoms with van der Waals surface area (Å²) in [5, 5.41) is 0. The molecule has 1 aromatic rings. The Morgan fingerprint density at radius 3 is 2.78 bits per heavy atom. The lowest BCUT2D eigenvalue weighted by molar-refractivity contribution is -0.118. The number of carbonyl (C=O) groups is 2. The molecule has 0 aromatic heterocycles. The number of nitrogens with two attached hydrogens (primary N) is 2. The summed E-state index contributed by atoms with van der Waals surface area (Å²) in [5.74, 6) is -0.576. The quantitative estimate of drug-likeness (QED) is 0.726. The predicted molar refractivity (Wildman–Crippen MR) is 65.2 cm³/mol. The van der Waals surface area contributed by atoms with Gasteiger partial charge in [0.05, 0.1) is 5.69 Å². The fourth-order valence-electron chi connectivity index (χ4n) is 1.98. The molecule has 4 N–H and O–H groups in total. The molecule has 1 unspecified atom stereocenters. The van der Waals surface area contributed by atoms with E-state index in [1.54, 1.807) is 24.5 Å². The molecule has 1 aliphatic rings. The molecule has 0 spiro atoms. The molecule has 0 saturated carbocycles. The van der Waals surface area contributed by atoms with Crippen LogP contribution >= 0.6 is 0 Å². The lowest BCUT2D eigenvalue weighted by atomic mass is 10.0. The number of imide groups is 1. The number of allylic oxidation sites excluding steroid dienone is 1. The molecule has 1 aromatic carbocycles. The van der Waals surface area contributed by atoms with Gasteiger partial charge in [-0.1, -0.05) is 18.2 Å². The maximum absolute atomic E-state index is 11.8. The molecule has 6 heteroatoms. The van der Waals surface area contributed by atoms with Crippen LogP contribution in [0.25, 0.3) is 6.08 Å². The van der Waals surface area contributed by atoms with Crippen LogP contribution in [0.4, 0.5) is 10.5 Å². The first-order valence-electron chi connectivity index (χ1n) is 5.14. The topological polar surface area (TPSA) is 106 Å². The van der Waals surface area contributed by atoms with Gasteiger partial charge in [0.1, 0.15) is 6.04 Å². The Labute approximate surface area is 103 Å². The molecular weight excluding hydrogens is 234 g/mol. The summed E-state index contributed by atoms with van der Waals surface area (Å²) in [4.78, 5) is 34.1. The molecule has 1 heterocycles. The first kappa shape index (κ1) is 12.0. The summed E-state index contributed by atoms with van der Waals surface area (Å²) in [6, 6.07) is 3.07. The zero-order valence-corrected chi connectivity index (χ0v) is 9.29. The van der Waals surface area contributed by atoms with Gasteiger partial charge >= 0.3 is 6.03 Å². The molecule has 0 aliphatic carbocycles. The van der Waals surface area contributed by atoms with E-state index in [2.05, 4.69) is 0 Å². The highest BCUT2D eigenvalue weighted by atomic mass is 16.2. The van der Waals surface area contributed by atoms with Crippen molar-refractivity contribution in [3.63, 3.8) is 0 Å². The van der Waals surface area contributed by atoms with Gasteiger partial charge in [-0.3, -0.25) is 9.59 Å². The summed E-state index contributed by atoms with van der Waals surface area (Å²) < 4.78 is 0. The fourth-order valence-corrected chi connectivity index (χ4v) is 1.98. The van der Waals surface area contributed by atoms with Crippen molar-refractivity contribution < 1.29 is 14.4 Å². The molecule has 18 heavy (non-hydrogen) atoms. The Balaban J connectivity index is 2.61. The smallest absolute Gasteiger partial charge is 0.326 e. The van der Waals surface area contributed by atoms with Gasteiger partial charge < -0.3 is 11.5 Å². The minimum absolute atomic E-state index is 0.355. The SMILES string of the molecule is NC(=O)N1C(=O)C(N)c2c(/C=C/[C]=O)cccc21. The number of benzene rings is 1. The lowest BCUT2D eigenvalue weighted by Crippen LogP contribution is -2.40. The van der Waals surface area contributed by atoms with Crippen molar-refractivity contribution in [2.75, 3.05) is 4.90 Å². The highest BCUT2D eigenvalue weighted by Crippen LogP contribution is 2.37. The molecule has 3 amide bonds. The minimum atomic E-state index is -0.958. The minimum Gasteiger partial charge on any atom is -0.351 e. The number of hydrogen-bond acceptors (Lipinski definition) is 4. The van der Waals surface area contributed by atoms with E-state index in [1.807, 2.05) is 0 Å². The summed E-state index contributed by atoms with van der Waals surface area (Å²) in [5.41, 5.74) is 12.3. The second kappa shape index (κ2) is 4.42. The Hall–Kier alpha value is -2.47. The van der Waals surface area contributed by atoms with Crippen molar-refractivity contribution in [1.29, 1.82) is 0 Å². The van der Waals surface area contributed by atoms with Gasteiger partial charge in [-0.15, -0.1) is 0 Å². The summed E-state index contributed by atoms with van der Waals surface area (Å²) in [7, 11) is 0. The van der Waals surface area contributed by atoms with Crippen molar-refractivity contribution >= 4 is 30.0 Å². The summed E-state index contributed by atoms with van der Waals surface area (Å²) in [6.07, 6.45) is 4.25. The van der Waals surface area contributed by atoms with E-state index in [0.717, 1.165) is 4.90 Å². The van der Waals surface area contributed by atoms with E-state index in [0.29, 0.717) is 16.8 Å². The Morgan fingerprint density at radius 2 is 2.17 bits per heavy atom. The molecule has 0 fully saturated rings.